The zero-order valence-corrected chi connectivity index (χ0v) is 15.8. The number of para-hydroxylation sites is 2. The maximum Gasteiger partial charge on any atom is 0.219 e. The highest BCUT2D eigenvalue weighted by Gasteiger charge is 2.11. The second kappa shape index (κ2) is 8.17. The van der Waals surface area contributed by atoms with E-state index in [2.05, 4.69) is 54.1 Å². The normalized spacial score (nSPS) is 11.2. The van der Waals surface area contributed by atoms with Crippen molar-refractivity contribution in [2.45, 2.75) is 46.1 Å². The molecule has 4 heteroatoms. The summed E-state index contributed by atoms with van der Waals surface area (Å²) in [6.07, 6.45) is 1.24. The molecule has 0 radical (unpaired) electrons. The third kappa shape index (κ3) is 4.13. The third-order valence-corrected chi connectivity index (χ3v) is 4.71. The molecule has 0 unspecified atom stereocenters. The molecule has 0 aliphatic rings. The third-order valence-electron chi connectivity index (χ3n) is 4.71. The number of hydrogen-bond donors (Lipinski definition) is 1. The molecule has 2 aromatic carbocycles. The van der Waals surface area contributed by atoms with Gasteiger partial charge in [0.05, 0.1) is 11.0 Å². The summed E-state index contributed by atoms with van der Waals surface area (Å²) in [6, 6.07) is 17.0. The standard InChI is InChI=1S/C22H27N3O/c1-4-22(26)23-14-13-21-24-19-7-5-6-8-20(19)25(21)15-17-9-11-18(12-10-17)16(2)3/h5-12,16H,4,13-15H2,1-3H3,(H,23,26). The van der Waals surface area contributed by atoms with Crippen LogP contribution in [0.15, 0.2) is 48.5 Å². The van der Waals surface area contributed by atoms with Crippen LogP contribution in [0, 0.1) is 0 Å². The van der Waals surface area contributed by atoms with Gasteiger partial charge in [0.25, 0.3) is 0 Å². The molecule has 0 aliphatic heterocycles. The highest BCUT2D eigenvalue weighted by Crippen LogP contribution is 2.20. The van der Waals surface area contributed by atoms with E-state index in [4.69, 9.17) is 4.98 Å². The topological polar surface area (TPSA) is 46.9 Å². The predicted octanol–water partition coefficient (Wildman–Crippen LogP) is 4.28. The lowest BCUT2D eigenvalue weighted by atomic mass is 10.0. The van der Waals surface area contributed by atoms with E-state index in [0.717, 1.165) is 29.8 Å². The molecule has 4 nitrogen and oxygen atoms in total. The van der Waals surface area contributed by atoms with E-state index in [1.54, 1.807) is 0 Å². The van der Waals surface area contributed by atoms with Gasteiger partial charge in [0.15, 0.2) is 0 Å². The van der Waals surface area contributed by atoms with E-state index in [1.165, 1.54) is 11.1 Å². The Balaban J connectivity index is 1.85. The summed E-state index contributed by atoms with van der Waals surface area (Å²) in [6.45, 7) is 7.69. The van der Waals surface area contributed by atoms with Crippen molar-refractivity contribution in [3.63, 3.8) is 0 Å². The minimum Gasteiger partial charge on any atom is -0.356 e. The van der Waals surface area contributed by atoms with Crippen molar-refractivity contribution in [2.24, 2.45) is 0 Å². The van der Waals surface area contributed by atoms with Gasteiger partial charge in [-0.15, -0.1) is 0 Å². The largest absolute Gasteiger partial charge is 0.356 e. The van der Waals surface area contributed by atoms with Gasteiger partial charge in [-0.2, -0.15) is 0 Å². The second-order valence-electron chi connectivity index (χ2n) is 6.95. The molecule has 1 amide bonds. The molecule has 1 aromatic heterocycles. The molecular weight excluding hydrogens is 322 g/mol. The fourth-order valence-corrected chi connectivity index (χ4v) is 3.12. The van der Waals surface area contributed by atoms with Crippen LogP contribution in [0.5, 0.6) is 0 Å². The summed E-state index contributed by atoms with van der Waals surface area (Å²) in [5, 5.41) is 2.94. The Labute approximate surface area is 155 Å². The summed E-state index contributed by atoms with van der Waals surface area (Å²) >= 11 is 0. The van der Waals surface area contributed by atoms with Gasteiger partial charge in [0.1, 0.15) is 5.82 Å². The zero-order chi connectivity index (χ0) is 18.5. The van der Waals surface area contributed by atoms with E-state index in [-0.39, 0.29) is 5.91 Å². The van der Waals surface area contributed by atoms with Gasteiger partial charge in [-0.1, -0.05) is 57.2 Å². The van der Waals surface area contributed by atoms with Crippen molar-refractivity contribution in [3.8, 4) is 0 Å². The van der Waals surface area contributed by atoms with Crippen LogP contribution in [0.25, 0.3) is 11.0 Å². The van der Waals surface area contributed by atoms with Crippen molar-refractivity contribution in [2.75, 3.05) is 6.54 Å². The smallest absolute Gasteiger partial charge is 0.219 e. The van der Waals surface area contributed by atoms with Crippen LogP contribution >= 0.6 is 0 Å². The predicted molar refractivity (Wildman–Crippen MR) is 106 cm³/mol. The molecule has 0 atom stereocenters. The lowest BCUT2D eigenvalue weighted by molar-refractivity contribution is -0.120. The Morgan fingerprint density at radius 3 is 2.54 bits per heavy atom. The molecule has 0 aliphatic carbocycles. The Kier molecular flexibility index (Phi) is 5.71. The minimum atomic E-state index is 0.0805. The lowest BCUT2D eigenvalue weighted by Crippen LogP contribution is -2.25. The number of nitrogens with one attached hydrogen (secondary N) is 1. The second-order valence-corrected chi connectivity index (χ2v) is 6.95. The average molecular weight is 349 g/mol. The molecule has 0 saturated carbocycles. The summed E-state index contributed by atoms with van der Waals surface area (Å²) in [5.41, 5.74) is 4.75. The number of fused-ring (bicyclic) bond motifs is 1. The minimum absolute atomic E-state index is 0.0805. The molecule has 3 aromatic rings. The van der Waals surface area contributed by atoms with Gasteiger partial charge in [-0.3, -0.25) is 4.79 Å². The first-order chi connectivity index (χ1) is 12.6. The van der Waals surface area contributed by atoms with Crippen LogP contribution in [-0.4, -0.2) is 22.0 Å². The van der Waals surface area contributed by atoms with Gasteiger partial charge in [0, 0.05) is 25.9 Å². The molecule has 3 rings (SSSR count). The number of amides is 1. The lowest BCUT2D eigenvalue weighted by Gasteiger charge is -2.11. The van der Waals surface area contributed by atoms with E-state index >= 15 is 0 Å². The summed E-state index contributed by atoms with van der Waals surface area (Å²) in [7, 11) is 0. The highest BCUT2D eigenvalue weighted by molar-refractivity contribution is 5.76. The first kappa shape index (κ1) is 18.2. The molecule has 0 saturated heterocycles. The van der Waals surface area contributed by atoms with E-state index in [0.29, 0.717) is 18.9 Å². The van der Waals surface area contributed by atoms with Crippen LogP contribution in [-0.2, 0) is 17.8 Å². The number of benzene rings is 2. The first-order valence-electron chi connectivity index (χ1n) is 9.38. The zero-order valence-electron chi connectivity index (χ0n) is 15.8. The van der Waals surface area contributed by atoms with Crippen molar-refractivity contribution in [1.82, 2.24) is 14.9 Å². The summed E-state index contributed by atoms with van der Waals surface area (Å²) in [5.74, 6) is 1.63. The number of carbonyl (C=O) groups is 1. The Bertz CT molecular complexity index is 878. The van der Waals surface area contributed by atoms with Crippen molar-refractivity contribution in [3.05, 3.63) is 65.5 Å². The number of carbonyl (C=O) groups excluding carboxylic acids is 1. The van der Waals surface area contributed by atoms with Gasteiger partial charge in [-0.05, 0) is 29.2 Å². The Hall–Kier alpha value is -2.62. The van der Waals surface area contributed by atoms with Crippen molar-refractivity contribution < 1.29 is 4.79 Å². The van der Waals surface area contributed by atoms with Crippen molar-refractivity contribution >= 4 is 16.9 Å². The number of aromatic nitrogens is 2. The molecule has 1 heterocycles. The van der Waals surface area contributed by atoms with Crippen LogP contribution in [0.1, 0.15) is 50.1 Å². The van der Waals surface area contributed by atoms with Gasteiger partial charge >= 0.3 is 0 Å². The quantitative estimate of drug-likeness (QED) is 0.692. The number of nitrogens with zero attached hydrogens (tertiary/aromatic N) is 2. The van der Waals surface area contributed by atoms with Crippen LogP contribution in [0.3, 0.4) is 0 Å². The van der Waals surface area contributed by atoms with E-state index in [9.17, 15) is 4.79 Å². The maximum atomic E-state index is 11.5. The summed E-state index contributed by atoms with van der Waals surface area (Å²) < 4.78 is 2.26. The molecular formula is C22H27N3O. The fraction of sp³-hybridized carbons (Fsp3) is 0.364. The number of imidazole rings is 1. The number of hydrogen-bond acceptors (Lipinski definition) is 2. The van der Waals surface area contributed by atoms with Gasteiger partial charge < -0.3 is 9.88 Å². The van der Waals surface area contributed by atoms with E-state index < -0.39 is 0 Å². The molecule has 1 N–H and O–H groups in total. The van der Waals surface area contributed by atoms with Crippen LogP contribution < -0.4 is 5.32 Å². The first-order valence-corrected chi connectivity index (χ1v) is 9.38. The SMILES string of the molecule is CCC(=O)NCCc1nc2ccccc2n1Cc1ccc(C(C)C)cc1. The Morgan fingerprint density at radius 2 is 1.85 bits per heavy atom. The van der Waals surface area contributed by atoms with Crippen molar-refractivity contribution in [1.29, 1.82) is 0 Å². The van der Waals surface area contributed by atoms with Gasteiger partial charge in [0.2, 0.25) is 5.91 Å². The van der Waals surface area contributed by atoms with E-state index in [1.807, 2.05) is 25.1 Å². The molecule has 0 bridgehead atoms. The molecule has 0 fully saturated rings. The van der Waals surface area contributed by atoms with Gasteiger partial charge in [-0.25, -0.2) is 4.98 Å². The summed E-state index contributed by atoms with van der Waals surface area (Å²) in [4.78, 5) is 16.3. The maximum absolute atomic E-state index is 11.5. The van der Waals surface area contributed by atoms with Crippen LogP contribution in [0.2, 0.25) is 0 Å². The molecule has 26 heavy (non-hydrogen) atoms. The highest BCUT2D eigenvalue weighted by atomic mass is 16.1. The molecule has 0 spiro atoms. The Morgan fingerprint density at radius 1 is 1.12 bits per heavy atom. The molecule has 136 valence electrons. The number of rotatable bonds is 7. The average Bonchev–Trinajstić information content (AvgIpc) is 2.99. The monoisotopic (exact) mass is 349 g/mol. The van der Waals surface area contributed by atoms with Crippen LogP contribution in [0.4, 0.5) is 0 Å². The fourth-order valence-electron chi connectivity index (χ4n) is 3.12.